The van der Waals surface area contributed by atoms with Crippen molar-refractivity contribution in [2.45, 2.75) is 57.9 Å². The van der Waals surface area contributed by atoms with Gasteiger partial charge in [0.2, 0.25) is 5.91 Å². The average molecular weight is 288 g/mol. The van der Waals surface area contributed by atoms with Crippen molar-refractivity contribution in [2.75, 3.05) is 19.6 Å². The molecule has 0 spiro atoms. The minimum absolute atomic E-state index is 0.0380. The zero-order valence-corrected chi connectivity index (χ0v) is 13.2. The molecule has 0 aromatic rings. The van der Waals surface area contributed by atoms with Gasteiger partial charge in [-0.3, -0.25) is 4.79 Å². The lowest BCUT2D eigenvalue weighted by Crippen LogP contribution is -2.58. The van der Waals surface area contributed by atoms with E-state index in [1.807, 2.05) is 0 Å². The van der Waals surface area contributed by atoms with Gasteiger partial charge in [0.15, 0.2) is 0 Å². The molecule has 6 fully saturated rings. The summed E-state index contributed by atoms with van der Waals surface area (Å²) in [5, 5.41) is 3.50. The molecule has 4 bridgehead atoms. The first-order valence-corrected chi connectivity index (χ1v) is 9.09. The molecule has 6 aliphatic rings. The lowest BCUT2D eigenvalue weighted by Gasteiger charge is -2.61. The highest BCUT2D eigenvalue weighted by atomic mass is 16.2. The maximum atomic E-state index is 13.5. The molecule has 2 saturated heterocycles. The van der Waals surface area contributed by atoms with E-state index in [1.165, 1.54) is 44.9 Å². The molecule has 3 nitrogen and oxygen atoms in total. The lowest BCUT2D eigenvalue weighted by atomic mass is 9.44. The second-order valence-electron chi connectivity index (χ2n) is 9.32. The third-order valence-electron chi connectivity index (χ3n) is 7.51. The number of amides is 1. The third kappa shape index (κ3) is 1.73. The second-order valence-corrected chi connectivity index (χ2v) is 9.32. The maximum absolute atomic E-state index is 13.5. The van der Waals surface area contributed by atoms with Crippen LogP contribution in [-0.4, -0.2) is 36.5 Å². The molecule has 2 unspecified atom stereocenters. The molecule has 0 aromatic heterocycles. The van der Waals surface area contributed by atoms with E-state index in [0.717, 1.165) is 37.4 Å². The van der Waals surface area contributed by atoms with Crippen LogP contribution in [0, 0.1) is 28.6 Å². The summed E-state index contributed by atoms with van der Waals surface area (Å²) in [5.41, 5.74) is 0.517. The summed E-state index contributed by atoms with van der Waals surface area (Å²) < 4.78 is 0. The van der Waals surface area contributed by atoms with Crippen molar-refractivity contribution in [3.8, 4) is 0 Å². The molecule has 2 aliphatic heterocycles. The summed E-state index contributed by atoms with van der Waals surface area (Å²) in [6.07, 6.45) is 9.03. The van der Waals surface area contributed by atoms with Gasteiger partial charge >= 0.3 is 0 Å². The van der Waals surface area contributed by atoms with Crippen LogP contribution in [0.3, 0.4) is 0 Å². The molecule has 4 aliphatic carbocycles. The number of rotatable bonds is 1. The molecule has 0 aromatic carbocycles. The molecular formula is C18H28N2O. The van der Waals surface area contributed by atoms with Gasteiger partial charge in [-0.25, -0.2) is 0 Å². The maximum Gasteiger partial charge on any atom is 0.229 e. The van der Waals surface area contributed by atoms with Gasteiger partial charge < -0.3 is 10.2 Å². The Balaban J connectivity index is 1.45. The summed E-state index contributed by atoms with van der Waals surface area (Å²) >= 11 is 0. The first-order valence-electron chi connectivity index (χ1n) is 9.09. The Labute approximate surface area is 127 Å². The first-order chi connectivity index (χ1) is 10.1. The van der Waals surface area contributed by atoms with Gasteiger partial charge in [0.1, 0.15) is 0 Å². The Morgan fingerprint density at radius 1 is 1.14 bits per heavy atom. The summed E-state index contributed by atoms with van der Waals surface area (Å²) in [6.45, 7) is 5.67. The molecule has 116 valence electrons. The van der Waals surface area contributed by atoms with Crippen LogP contribution in [0.15, 0.2) is 0 Å². The van der Waals surface area contributed by atoms with Crippen molar-refractivity contribution in [3.63, 3.8) is 0 Å². The number of likely N-dealkylation sites (tertiary alicyclic amines) is 1. The topological polar surface area (TPSA) is 32.3 Å². The monoisotopic (exact) mass is 288 g/mol. The van der Waals surface area contributed by atoms with E-state index >= 15 is 0 Å². The number of nitrogens with one attached hydrogen (secondary N) is 1. The third-order valence-corrected chi connectivity index (χ3v) is 7.51. The van der Waals surface area contributed by atoms with Crippen molar-refractivity contribution in [3.05, 3.63) is 0 Å². The molecule has 1 N–H and O–H groups in total. The number of hydrogen-bond donors (Lipinski definition) is 1. The molecule has 2 heterocycles. The highest BCUT2D eigenvalue weighted by Crippen LogP contribution is 2.65. The molecule has 6 rings (SSSR count). The van der Waals surface area contributed by atoms with Crippen LogP contribution in [-0.2, 0) is 4.79 Å². The number of hydrogen-bond acceptors (Lipinski definition) is 2. The number of fused-ring (bicyclic) bond motifs is 1. The average Bonchev–Trinajstić information content (AvgIpc) is 2.96. The number of carbonyl (C=O) groups excluding carboxylic acids is 1. The van der Waals surface area contributed by atoms with Gasteiger partial charge in [0.05, 0.1) is 5.41 Å². The van der Waals surface area contributed by atoms with E-state index in [2.05, 4.69) is 17.1 Å². The van der Waals surface area contributed by atoms with Crippen molar-refractivity contribution in [1.82, 2.24) is 10.2 Å². The zero-order chi connectivity index (χ0) is 14.2. The largest absolute Gasteiger partial charge is 0.338 e. The van der Waals surface area contributed by atoms with Crippen LogP contribution in [0.25, 0.3) is 0 Å². The van der Waals surface area contributed by atoms with Gasteiger partial charge in [-0.05, 0) is 68.1 Å². The fraction of sp³-hybridized carbons (Fsp3) is 0.944. The number of nitrogens with zero attached hydrogens (tertiary/aromatic N) is 1. The SMILES string of the molecule is CC12CC3CC(C1)CC(C(=O)N1CC[C@H]4CNC[C@H]41)(C3)C2. The van der Waals surface area contributed by atoms with E-state index in [9.17, 15) is 4.79 Å². The van der Waals surface area contributed by atoms with Crippen molar-refractivity contribution >= 4 is 5.91 Å². The van der Waals surface area contributed by atoms with Crippen LogP contribution in [0.1, 0.15) is 51.9 Å². The fourth-order valence-corrected chi connectivity index (χ4v) is 7.38. The van der Waals surface area contributed by atoms with E-state index in [0.29, 0.717) is 17.4 Å². The molecule has 4 atom stereocenters. The van der Waals surface area contributed by atoms with Crippen LogP contribution < -0.4 is 5.32 Å². The van der Waals surface area contributed by atoms with Crippen LogP contribution in [0.4, 0.5) is 0 Å². The highest BCUT2D eigenvalue weighted by molar-refractivity contribution is 5.84. The molecule has 1 amide bonds. The normalized spacial score (nSPS) is 54.2. The minimum atomic E-state index is 0.0380. The van der Waals surface area contributed by atoms with Crippen LogP contribution in [0.5, 0.6) is 0 Å². The Kier molecular flexibility index (Phi) is 2.48. The quantitative estimate of drug-likeness (QED) is 0.803. The Morgan fingerprint density at radius 3 is 2.62 bits per heavy atom. The van der Waals surface area contributed by atoms with Gasteiger partial charge in [-0.1, -0.05) is 6.92 Å². The lowest BCUT2D eigenvalue weighted by molar-refractivity contribution is -0.166. The van der Waals surface area contributed by atoms with Crippen molar-refractivity contribution in [2.24, 2.45) is 28.6 Å². The van der Waals surface area contributed by atoms with Crippen LogP contribution in [0.2, 0.25) is 0 Å². The van der Waals surface area contributed by atoms with Crippen molar-refractivity contribution in [1.29, 1.82) is 0 Å². The summed E-state index contributed by atoms with van der Waals surface area (Å²) in [5.74, 6) is 2.98. The standard InChI is InChI=1S/C18H28N2O/c1-17-5-12-4-13(6-17)8-18(7-12,11-17)16(21)20-3-2-14-9-19-10-15(14)20/h12-15,19H,2-11H2,1H3/t12?,13?,14-,15+,17?,18?/m0/s1. The Hall–Kier alpha value is -0.570. The first kappa shape index (κ1) is 12.9. The van der Waals surface area contributed by atoms with Gasteiger partial charge in [-0.15, -0.1) is 0 Å². The smallest absolute Gasteiger partial charge is 0.229 e. The van der Waals surface area contributed by atoms with Crippen LogP contribution >= 0.6 is 0 Å². The summed E-state index contributed by atoms with van der Waals surface area (Å²) in [6, 6.07) is 0.512. The van der Waals surface area contributed by atoms with Crippen molar-refractivity contribution < 1.29 is 4.79 Å². The zero-order valence-electron chi connectivity index (χ0n) is 13.2. The Bertz CT molecular complexity index is 474. The fourth-order valence-electron chi connectivity index (χ4n) is 7.38. The summed E-state index contributed by atoms with van der Waals surface area (Å²) in [7, 11) is 0. The summed E-state index contributed by atoms with van der Waals surface area (Å²) in [4.78, 5) is 15.8. The van der Waals surface area contributed by atoms with Gasteiger partial charge in [0, 0.05) is 25.7 Å². The molecule has 3 heteroatoms. The predicted octanol–water partition coefficient (Wildman–Crippen LogP) is 2.41. The molecule has 21 heavy (non-hydrogen) atoms. The van der Waals surface area contributed by atoms with Gasteiger partial charge in [-0.2, -0.15) is 0 Å². The Morgan fingerprint density at radius 2 is 1.90 bits per heavy atom. The predicted molar refractivity (Wildman–Crippen MR) is 81.7 cm³/mol. The number of carbonyl (C=O) groups is 1. The second kappa shape index (κ2) is 4.04. The molecule has 0 radical (unpaired) electrons. The highest BCUT2D eigenvalue weighted by Gasteiger charge is 2.60. The van der Waals surface area contributed by atoms with E-state index in [4.69, 9.17) is 0 Å². The van der Waals surface area contributed by atoms with Gasteiger partial charge in [0.25, 0.3) is 0 Å². The molecular weight excluding hydrogens is 260 g/mol. The molecule has 4 saturated carbocycles. The van der Waals surface area contributed by atoms with E-state index in [-0.39, 0.29) is 5.41 Å². The van der Waals surface area contributed by atoms with E-state index < -0.39 is 0 Å². The van der Waals surface area contributed by atoms with E-state index in [1.54, 1.807) is 0 Å². The minimum Gasteiger partial charge on any atom is -0.338 e.